The molecule has 0 fully saturated rings. The monoisotopic (exact) mass is 535 g/mol. The zero-order valence-electron chi connectivity index (χ0n) is 17.3. The number of benzene rings is 2. The second kappa shape index (κ2) is 13.8. The Morgan fingerprint density at radius 2 is 1.77 bits per heavy atom. The van der Waals surface area contributed by atoms with Crippen LogP contribution in [0.2, 0.25) is 0 Å². The number of aliphatic imine (C=N–C) groups is 1. The Balaban J connectivity index is 0.00000450. The molecule has 0 radical (unpaired) electrons. The Kier molecular flexibility index (Phi) is 11.9. The van der Waals surface area contributed by atoms with Crippen LogP contribution in [0.3, 0.4) is 0 Å². The van der Waals surface area contributed by atoms with Crippen LogP contribution in [-0.2, 0) is 13.0 Å². The van der Waals surface area contributed by atoms with Gasteiger partial charge in [-0.2, -0.15) is 8.78 Å². The van der Waals surface area contributed by atoms with Gasteiger partial charge in [0.05, 0.1) is 20.8 Å². The number of hydrogen-bond donors (Lipinski definition) is 2. The first kappa shape index (κ1) is 25.7. The van der Waals surface area contributed by atoms with Gasteiger partial charge in [0.15, 0.2) is 5.96 Å². The minimum atomic E-state index is -2.90. The van der Waals surface area contributed by atoms with E-state index < -0.39 is 6.61 Å². The maximum absolute atomic E-state index is 12.7. The molecule has 0 heterocycles. The van der Waals surface area contributed by atoms with E-state index in [-0.39, 0.29) is 36.3 Å². The van der Waals surface area contributed by atoms with E-state index in [1.54, 1.807) is 19.2 Å². The van der Waals surface area contributed by atoms with Gasteiger partial charge in [0, 0.05) is 18.7 Å². The van der Waals surface area contributed by atoms with Crippen LogP contribution < -0.4 is 24.8 Å². The number of halogens is 3. The third kappa shape index (κ3) is 8.60. The molecule has 6 nitrogen and oxygen atoms in total. The molecule has 0 spiro atoms. The quantitative estimate of drug-likeness (QED) is 0.271. The topological polar surface area (TPSA) is 64.1 Å². The van der Waals surface area contributed by atoms with E-state index in [1.165, 1.54) is 13.2 Å². The summed E-state index contributed by atoms with van der Waals surface area (Å²) in [6.45, 7) is 0.533. The molecule has 2 rings (SSSR count). The van der Waals surface area contributed by atoms with E-state index in [1.807, 2.05) is 31.2 Å². The zero-order valence-corrected chi connectivity index (χ0v) is 19.6. The van der Waals surface area contributed by atoms with Crippen molar-refractivity contribution < 1.29 is 23.0 Å². The fourth-order valence-electron chi connectivity index (χ4n) is 2.68. The normalized spacial score (nSPS) is 10.9. The first-order valence-electron chi connectivity index (χ1n) is 9.32. The molecule has 0 aliphatic heterocycles. The van der Waals surface area contributed by atoms with Gasteiger partial charge in [0.1, 0.15) is 17.2 Å². The third-order valence-electron chi connectivity index (χ3n) is 4.08. The second-order valence-electron chi connectivity index (χ2n) is 6.08. The van der Waals surface area contributed by atoms with Crippen LogP contribution in [0.25, 0.3) is 0 Å². The number of nitrogens with one attached hydrogen (secondary N) is 2. The van der Waals surface area contributed by atoms with Gasteiger partial charge in [0.2, 0.25) is 0 Å². The van der Waals surface area contributed by atoms with E-state index in [9.17, 15) is 8.78 Å². The maximum Gasteiger partial charge on any atom is 0.387 e. The largest absolute Gasteiger partial charge is 0.497 e. The van der Waals surface area contributed by atoms with Gasteiger partial charge in [-0.1, -0.05) is 12.1 Å². The smallest absolute Gasteiger partial charge is 0.387 e. The number of guanidine groups is 1. The first-order valence-corrected chi connectivity index (χ1v) is 9.32. The lowest BCUT2D eigenvalue weighted by Gasteiger charge is -2.14. The molecule has 2 aromatic rings. The lowest BCUT2D eigenvalue weighted by molar-refractivity contribution is -0.0504. The summed E-state index contributed by atoms with van der Waals surface area (Å²) in [6.07, 6.45) is 0.778. The van der Waals surface area contributed by atoms with Crippen molar-refractivity contribution in [3.63, 3.8) is 0 Å². The Morgan fingerprint density at radius 3 is 2.43 bits per heavy atom. The molecule has 9 heteroatoms. The number of rotatable bonds is 10. The predicted octanol–water partition coefficient (Wildman–Crippen LogP) is 4.22. The number of alkyl halides is 2. The van der Waals surface area contributed by atoms with Crippen LogP contribution in [0.15, 0.2) is 47.5 Å². The SMILES string of the molecule is CCNC(=NCc1cc(OC)ccc1OC(F)F)NCCc1cccc(OC)c1.I. The van der Waals surface area contributed by atoms with Crippen molar-refractivity contribution in [2.75, 3.05) is 27.3 Å². The van der Waals surface area contributed by atoms with Crippen molar-refractivity contribution in [2.45, 2.75) is 26.5 Å². The van der Waals surface area contributed by atoms with E-state index >= 15 is 0 Å². The molecule has 0 saturated carbocycles. The fourth-order valence-corrected chi connectivity index (χ4v) is 2.68. The van der Waals surface area contributed by atoms with Gasteiger partial charge in [-0.05, 0) is 49.2 Å². The van der Waals surface area contributed by atoms with Crippen molar-refractivity contribution in [2.24, 2.45) is 4.99 Å². The summed E-state index contributed by atoms with van der Waals surface area (Å²) in [5, 5.41) is 6.39. The molecule has 0 saturated heterocycles. The van der Waals surface area contributed by atoms with Crippen molar-refractivity contribution in [3.8, 4) is 17.2 Å². The molecule has 0 amide bonds. The summed E-state index contributed by atoms with van der Waals surface area (Å²) in [5.74, 6) is 2.03. The van der Waals surface area contributed by atoms with Gasteiger partial charge in [-0.15, -0.1) is 24.0 Å². The summed E-state index contributed by atoms with van der Waals surface area (Å²) >= 11 is 0. The highest BCUT2D eigenvalue weighted by molar-refractivity contribution is 14.0. The molecule has 166 valence electrons. The van der Waals surface area contributed by atoms with E-state index in [2.05, 4.69) is 20.4 Å². The Hall–Kier alpha value is -2.30. The highest BCUT2D eigenvalue weighted by Gasteiger charge is 2.11. The fraction of sp³-hybridized carbons (Fsp3) is 0.381. The molecule has 0 aliphatic carbocycles. The van der Waals surface area contributed by atoms with E-state index in [0.29, 0.717) is 30.4 Å². The van der Waals surface area contributed by atoms with Gasteiger partial charge >= 0.3 is 6.61 Å². The molecule has 0 unspecified atom stereocenters. The Morgan fingerprint density at radius 1 is 1.03 bits per heavy atom. The lowest BCUT2D eigenvalue weighted by Crippen LogP contribution is -2.38. The van der Waals surface area contributed by atoms with Gasteiger partial charge in [0.25, 0.3) is 0 Å². The summed E-state index contributed by atoms with van der Waals surface area (Å²) in [7, 11) is 3.15. The lowest BCUT2D eigenvalue weighted by atomic mass is 10.1. The average molecular weight is 535 g/mol. The highest BCUT2D eigenvalue weighted by atomic mass is 127. The number of ether oxygens (including phenoxy) is 3. The van der Waals surface area contributed by atoms with Crippen molar-refractivity contribution in [1.82, 2.24) is 10.6 Å². The third-order valence-corrected chi connectivity index (χ3v) is 4.08. The minimum Gasteiger partial charge on any atom is -0.497 e. The molecule has 0 atom stereocenters. The van der Waals surface area contributed by atoms with Gasteiger partial charge in [-0.3, -0.25) is 0 Å². The van der Waals surface area contributed by atoms with Crippen molar-refractivity contribution in [1.29, 1.82) is 0 Å². The zero-order chi connectivity index (χ0) is 21.1. The molecule has 0 aromatic heterocycles. The van der Waals surface area contributed by atoms with E-state index in [4.69, 9.17) is 9.47 Å². The molecule has 2 aromatic carbocycles. The summed E-state index contributed by atoms with van der Waals surface area (Å²) in [5.41, 5.74) is 1.64. The van der Waals surface area contributed by atoms with Gasteiger partial charge < -0.3 is 24.8 Å². The van der Waals surface area contributed by atoms with Crippen LogP contribution in [0, 0.1) is 0 Å². The van der Waals surface area contributed by atoms with E-state index in [0.717, 1.165) is 17.7 Å². The Bertz CT molecular complexity index is 807. The average Bonchev–Trinajstić information content (AvgIpc) is 2.72. The van der Waals surface area contributed by atoms with Crippen LogP contribution >= 0.6 is 24.0 Å². The summed E-state index contributed by atoms with van der Waals surface area (Å²) < 4.78 is 40.3. The number of methoxy groups -OCH3 is 2. The summed E-state index contributed by atoms with van der Waals surface area (Å²) in [6, 6.07) is 12.5. The highest BCUT2D eigenvalue weighted by Crippen LogP contribution is 2.26. The summed E-state index contributed by atoms with van der Waals surface area (Å²) in [4.78, 5) is 4.48. The van der Waals surface area contributed by atoms with Crippen molar-refractivity contribution in [3.05, 3.63) is 53.6 Å². The number of nitrogens with zero attached hydrogens (tertiary/aromatic N) is 1. The molecule has 0 aliphatic rings. The molecular formula is C21H28F2IN3O3. The van der Waals surface area contributed by atoms with Crippen molar-refractivity contribution >= 4 is 29.9 Å². The molecule has 30 heavy (non-hydrogen) atoms. The molecule has 2 N–H and O–H groups in total. The second-order valence-corrected chi connectivity index (χ2v) is 6.08. The Labute approximate surface area is 193 Å². The first-order chi connectivity index (χ1) is 14.0. The van der Waals surface area contributed by atoms with Crippen LogP contribution in [-0.4, -0.2) is 39.9 Å². The molecular weight excluding hydrogens is 507 g/mol. The molecule has 0 bridgehead atoms. The standard InChI is InChI=1S/C21H27F2N3O3.HI/c1-4-24-21(25-11-10-15-6-5-7-17(12-15)27-2)26-14-16-13-18(28-3)8-9-19(16)29-20(22)23;/h5-9,12-13,20H,4,10-11,14H2,1-3H3,(H2,24,25,26);1H. The van der Waals surface area contributed by atoms with Crippen LogP contribution in [0.5, 0.6) is 17.2 Å². The number of hydrogen-bond acceptors (Lipinski definition) is 4. The van der Waals surface area contributed by atoms with Crippen LogP contribution in [0.4, 0.5) is 8.78 Å². The predicted molar refractivity (Wildman–Crippen MR) is 125 cm³/mol. The minimum absolute atomic E-state index is 0. The van der Waals surface area contributed by atoms with Gasteiger partial charge in [-0.25, -0.2) is 4.99 Å². The van der Waals surface area contributed by atoms with Crippen LogP contribution in [0.1, 0.15) is 18.1 Å². The maximum atomic E-state index is 12.7.